The number of nitrogens with zero attached hydrogens (tertiary/aromatic N) is 2. The van der Waals surface area contributed by atoms with Crippen LogP contribution in [0.4, 0.5) is 15.8 Å². The fourth-order valence-electron chi connectivity index (χ4n) is 4.23. The molecule has 2 heterocycles. The maximum Gasteiger partial charge on any atom is 0.276 e. The number of H-pyrrole nitrogens is 1. The van der Waals surface area contributed by atoms with Crippen LogP contribution in [-0.2, 0) is 0 Å². The van der Waals surface area contributed by atoms with Gasteiger partial charge in [-0.25, -0.2) is 9.37 Å². The molecule has 1 aliphatic heterocycles. The van der Waals surface area contributed by atoms with Gasteiger partial charge in [0.25, 0.3) is 17.7 Å². The highest BCUT2D eigenvalue weighted by Crippen LogP contribution is 2.20. The SMILES string of the molecule is C[C@H]1CCCCN1CCNC(=O)c1[nH]cnc1C(=O)Nc1ccc(NC(=O)c2ccc(F)cc2Cl)cc1. The molecule has 11 heteroatoms. The first-order valence-electron chi connectivity index (χ1n) is 12.1. The van der Waals surface area contributed by atoms with Crippen molar-refractivity contribution in [1.29, 1.82) is 0 Å². The lowest BCUT2D eigenvalue weighted by Gasteiger charge is -2.33. The Morgan fingerprint density at radius 1 is 1.05 bits per heavy atom. The van der Waals surface area contributed by atoms with Gasteiger partial charge in [0, 0.05) is 30.5 Å². The van der Waals surface area contributed by atoms with Crippen LogP contribution in [0.1, 0.15) is 57.5 Å². The van der Waals surface area contributed by atoms with Gasteiger partial charge in [-0.2, -0.15) is 0 Å². The number of hydrogen-bond acceptors (Lipinski definition) is 5. The van der Waals surface area contributed by atoms with E-state index < -0.39 is 23.5 Å². The van der Waals surface area contributed by atoms with E-state index >= 15 is 0 Å². The molecule has 4 rings (SSSR count). The van der Waals surface area contributed by atoms with Crippen molar-refractivity contribution in [3.8, 4) is 0 Å². The van der Waals surface area contributed by atoms with Crippen molar-refractivity contribution >= 4 is 40.7 Å². The molecular weight excluding hydrogens is 499 g/mol. The van der Waals surface area contributed by atoms with E-state index in [0.29, 0.717) is 24.0 Å². The number of nitrogens with one attached hydrogen (secondary N) is 4. The van der Waals surface area contributed by atoms with Crippen molar-refractivity contribution in [1.82, 2.24) is 20.2 Å². The van der Waals surface area contributed by atoms with Gasteiger partial charge < -0.3 is 20.9 Å². The molecule has 0 unspecified atom stereocenters. The molecule has 1 aromatic heterocycles. The van der Waals surface area contributed by atoms with E-state index in [4.69, 9.17) is 11.6 Å². The van der Waals surface area contributed by atoms with Gasteiger partial charge in [-0.15, -0.1) is 0 Å². The third-order valence-electron chi connectivity index (χ3n) is 6.28. The summed E-state index contributed by atoms with van der Waals surface area (Å²) in [5.74, 6) is -1.98. The van der Waals surface area contributed by atoms with Gasteiger partial charge in [0.1, 0.15) is 11.5 Å². The van der Waals surface area contributed by atoms with Crippen LogP contribution in [0.25, 0.3) is 0 Å². The average Bonchev–Trinajstić information content (AvgIpc) is 3.37. The number of hydrogen-bond donors (Lipinski definition) is 4. The smallest absolute Gasteiger partial charge is 0.276 e. The highest BCUT2D eigenvalue weighted by Gasteiger charge is 2.22. The molecule has 1 aliphatic rings. The Hall–Kier alpha value is -3.76. The predicted octanol–water partition coefficient (Wildman–Crippen LogP) is 4.31. The van der Waals surface area contributed by atoms with Crippen LogP contribution >= 0.6 is 11.6 Å². The second kappa shape index (κ2) is 12.0. The number of aromatic nitrogens is 2. The Bertz CT molecular complexity index is 1280. The molecule has 0 bridgehead atoms. The molecule has 1 atom stereocenters. The van der Waals surface area contributed by atoms with Gasteiger partial charge in [-0.3, -0.25) is 19.3 Å². The van der Waals surface area contributed by atoms with Crippen molar-refractivity contribution in [3.05, 3.63) is 76.6 Å². The summed E-state index contributed by atoms with van der Waals surface area (Å²) in [6.45, 7) is 4.44. The number of imidazole rings is 1. The Kier molecular flexibility index (Phi) is 8.52. The molecule has 37 heavy (non-hydrogen) atoms. The van der Waals surface area contributed by atoms with Crippen LogP contribution in [0.5, 0.6) is 0 Å². The summed E-state index contributed by atoms with van der Waals surface area (Å²) in [6, 6.07) is 10.4. The zero-order valence-electron chi connectivity index (χ0n) is 20.3. The summed E-state index contributed by atoms with van der Waals surface area (Å²) in [5.41, 5.74) is 1.09. The normalized spacial score (nSPS) is 15.7. The number of amides is 3. The average molecular weight is 527 g/mol. The van der Waals surface area contributed by atoms with Gasteiger partial charge in [-0.1, -0.05) is 18.0 Å². The van der Waals surface area contributed by atoms with Crippen molar-refractivity contribution in [2.75, 3.05) is 30.3 Å². The zero-order chi connectivity index (χ0) is 26.4. The van der Waals surface area contributed by atoms with Crippen LogP contribution in [0.2, 0.25) is 5.02 Å². The zero-order valence-corrected chi connectivity index (χ0v) is 21.1. The van der Waals surface area contributed by atoms with E-state index in [1.54, 1.807) is 24.3 Å². The van der Waals surface area contributed by atoms with Crippen molar-refractivity contribution in [3.63, 3.8) is 0 Å². The molecule has 0 radical (unpaired) electrons. The van der Waals surface area contributed by atoms with Crippen LogP contribution in [0.15, 0.2) is 48.8 Å². The Morgan fingerprint density at radius 2 is 1.76 bits per heavy atom. The fraction of sp³-hybridized carbons (Fsp3) is 0.308. The maximum atomic E-state index is 13.2. The number of halogens is 2. The third-order valence-corrected chi connectivity index (χ3v) is 6.60. The quantitative estimate of drug-likeness (QED) is 0.349. The molecule has 194 valence electrons. The first-order chi connectivity index (χ1) is 17.8. The molecule has 9 nitrogen and oxygen atoms in total. The lowest BCUT2D eigenvalue weighted by molar-refractivity contribution is 0.0922. The first-order valence-corrected chi connectivity index (χ1v) is 12.4. The molecule has 2 aromatic carbocycles. The van der Waals surface area contributed by atoms with Crippen LogP contribution in [-0.4, -0.2) is 58.3 Å². The Labute approximate surface area is 218 Å². The van der Waals surface area contributed by atoms with E-state index in [2.05, 4.69) is 37.7 Å². The number of anilines is 2. The van der Waals surface area contributed by atoms with E-state index in [0.717, 1.165) is 31.6 Å². The minimum Gasteiger partial charge on any atom is -0.349 e. The number of carbonyl (C=O) groups is 3. The number of likely N-dealkylation sites (tertiary alicyclic amines) is 1. The second-order valence-electron chi connectivity index (χ2n) is 8.87. The molecule has 1 fully saturated rings. The standard InChI is InChI=1S/C26H28ClFN6O3/c1-16-4-2-3-12-34(16)13-11-29-25(36)22-23(31-15-30-22)26(37)33-19-8-6-18(7-9-19)32-24(35)20-10-5-17(28)14-21(20)27/h5-10,14-16H,2-4,11-13H2,1H3,(H,29,36)(H,30,31)(H,32,35)(H,33,37)/t16-/m0/s1. The topological polar surface area (TPSA) is 119 Å². The Balaban J connectivity index is 1.31. The van der Waals surface area contributed by atoms with Gasteiger partial charge in [-0.05, 0) is 68.8 Å². The highest BCUT2D eigenvalue weighted by molar-refractivity contribution is 6.34. The lowest BCUT2D eigenvalue weighted by Crippen LogP contribution is -2.42. The summed E-state index contributed by atoms with van der Waals surface area (Å²) >= 11 is 5.94. The summed E-state index contributed by atoms with van der Waals surface area (Å²) < 4.78 is 13.2. The summed E-state index contributed by atoms with van der Waals surface area (Å²) in [5, 5.41) is 8.22. The maximum absolute atomic E-state index is 13.2. The number of aromatic amines is 1. The van der Waals surface area contributed by atoms with Gasteiger partial charge in [0.2, 0.25) is 0 Å². The molecule has 4 N–H and O–H groups in total. The van der Waals surface area contributed by atoms with Gasteiger partial charge in [0.05, 0.1) is 16.9 Å². The molecule has 0 saturated carbocycles. The summed E-state index contributed by atoms with van der Waals surface area (Å²) in [4.78, 5) is 47.0. The number of piperidine rings is 1. The van der Waals surface area contributed by atoms with E-state index in [9.17, 15) is 18.8 Å². The van der Waals surface area contributed by atoms with Crippen LogP contribution in [0.3, 0.4) is 0 Å². The molecular formula is C26H28ClFN6O3. The van der Waals surface area contributed by atoms with E-state index in [-0.39, 0.29) is 22.0 Å². The predicted molar refractivity (Wildman–Crippen MR) is 140 cm³/mol. The summed E-state index contributed by atoms with van der Waals surface area (Å²) in [6.07, 6.45) is 4.86. The minimum absolute atomic E-state index is 0.00119. The van der Waals surface area contributed by atoms with E-state index in [1.165, 1.54) is 25.2 Å². The van der Waals surface area contributed by atoms with Crippen molar-refractivity contribution < 1.29 is 18.8 Å². The molecule has 1 saturated heterocycles. The molecule has 3 amide bonds. The molecule has 0 aliphatic carbocycles. The van der Waals surface area contributed by atoms with Crippen molar-refractivity contribution in [2.45, 2.75) is 32.2 Å². The second-order valence-corrected chi connectivity index (χ2v) is 9.28. The summed E-state index contributed by atoms with van der Waals surface area (Å²) in [7, 11) is 0. The van der Waals surface area contributed by atoms with Crippen LogP contribution < -0.4 is 16.0 Å². The number of benzene rings is 2. The fourth-order valence-corrected chi connectivity index (χ4v) is 4.48. The Morgan fingerprint density at radius 3 is 2.43 bits per heavy atom. The highest BCUT2D eigenvalue weighted by atomic mass is 35.5. The third kappa shape index (κ3) is 6.72. The molecule has 0 spiro atoms. The molecule has 3 aromatic rings. The van der Waals surface area contributed by atoms with Gasteiger partial charge in [0.15, 0.2) is 5.69 Å². The van der Waals surface area contributed by atoms with Gasteiger partial charge >= 0.3 is 0 Å². The van der Waals surface area contributed by atoms with Crippen LogP contribution in [0, 0.1) is 5.82 Å². The minimum atomic E-state index is -0.550. The first kappa shape index (κ1) is 26.3. The largest absolute Gasteiger partial charge is 0.349 e. The monoisotopic (exact) mass is 526 g/mol. The van der Waals surface area contributed by atoms with Crippen molar-refractivity contribution in [2.24, 2.45) is 0 Å². The number of carbonyl (C=O) groups excluding carboxylic acids is 3. The lowest BCUT2D eigenvalue weighted by atomic mass is 10.0. The number of rotatable bonds is 8. The van der Waals surface area contributed by atoms with E-state index in [1.807, 2.05) is 0 Å².